The molecule has 0 bridgehead atoms. The molecule has 102 valence electrons. The number of aliphatic hydroxyl groups excluding tert-OH is 1. The van der Waals surface area contributed by atoms with E-state index in [1.54, 1.807) is 0 Å². The van der Waals surface area contributed by atoms with Gasteiger partial charge in [0.1, 0.15) is 12.4 Å². The molecule has 0 spiro atoms. The SMILES string of the molecule is CN(CCCCCO)CCOc1cccc(Cl)c1. The number of rotatable bonds is 9. The predicted molar refractivity (Wildman–Crippen MR) is 75.4 cm³/mol. The number of likely N-dealkylation sites (N-methyl/N-ethyl adjacent to an activating group) is 1. The minimum absolute atomic E-state index is 0.293. The summed E-state index contributed by atoms with van der Waals surface area (Å²) in [5, 5.41) is 9.38. The molecular formula is C14H22ClNO2. The van der Waals surface area contributed by atoms with E-state index in [-0.39, 0.29) is 0 Å². The molecule has 0 atom stereocenters. The van der Waals surface area contributed by atoms with Gasteiger partial charge in [0.25, 0.3) is 0 Å². The molecule has 1 aromatic rings. The lowest BCUT2D eigenvalue weighted by atomic mass is 10.2. The van der Waals surface area contributed by atoms with Gasteiger partial charge < -0.3 is 14.7 Å². The van der Waals surface area contributed by atoms with Gasteiger partial charge in [-0.3, -0.25) is 0 Å². The summed E-state index contributed by atoms with van der Waals surface area (Å²) in [4.78, 5) is 2.24. The summed E-state index contributed by atoms with van der Waals surface area (Å²) in [6.07, 6.45) is 3.09. The van der Waals surface area contributed by atoms with E-state index in [4.69, 9.17) is 21.4 Å². The van der Waals surface area contributed by atoms with Gasteiger partial charge in [0, 0.05) is 18.2 Å². The van der Waals surface area contributed by atoms with Crippen LogP contribution in [0.4, 0.5) is 0 Å². The van der Waals surface area contributed by atoms with Gasteiger partial charge in [0.05, 0.1) is 0 Å². The number of nitrogens with zero attached hydrogens (tertiary/aromatic N) is 1. The number of unbranched alkanes of at least 4 members (excludes halogenated alkanes) is 2. The third kappa shape index (κ3) is 6.84. The van der Waals surface area contributed by atoms with Crippen LogP contribution in [0.3, 0.4) is 0 Å². The zero-order chi connectivity index (χ0) is 13.2. The summed E-state index contributed by atoms with van der Waals surface area (Å²) in [5.41, 5.74) is 0. The molecule has 0 saturated carbocycles. The van der Waals surface area contributed by atoms with Crippen molar-refractivity contribution in [2.24, 2.45) is 0 Å². The van der Waals surface area contributed by atoms with E-state index in [9.17, 15) is 0 Å². The summed E-state index contributed by atoms with van der Waals surface area (Å²) in [7, 11) is 2.08. The Hall–Kier alpha value is -0.770. The summed E-state index contributed by atoms with van der Waals surface area (Å²) in [6.45, 7) is 2.89. The Morgan fingerprint density at radius 2 is 2.06 bits per heavy atom. The van der Waals surface area contributed by atoms with E-state index in [2.05, 4.69) is 11.9 Å². The molecule has 0 fully saturated rings. The van der Waals surface area contributed by atoms with Crippen LogP contribution < -0.4 is 4.74 Å². The lowest BCUT2D eigenvalue weighted by Crippen LogP contribution is -2.25. The van der Waals surface area contributed by atoms with Crippen LogP contribution in [0.2, 0.25) is 5.02 Å². The van der Waals surface area contributed by atoms with Crippen molar-refractivity contribution in [1.29, 1.82) is 0 Å². The quantitative estimate of drug-likeness (QED) is 0.701. The molecule has 0 aliphatic rings. The third-order valence-electron chi connectivity index (χ3n) is 2.74. The molecular weight excluding hydrogens is 250 g/mol. The van der Waals surface area contributed by atoms with Crippen molar-refractivity contribution in [3.8, 4) is 5.75 Å². The maximum absolute atomic E-state index is 8.68. The van der Waals surface area contributed by atoms with Gasteiger partial charge >= 0.3 is 0 Å². The van der Waals surface area contributed by atoms with Crippen LogP contribution in [0, 0.1) is 0 Å². The van der Waals surface area contributed by atoms with Crippen LogP contribution in [0.15, 0.2) is 24.3 Å². The highest BCUT2D eigenvalue weighted by Gasteiger charge is 1.99. The lowest BCUT2D eigenvalue weighted by molar-refractivity contribution is 0.230. The summed E-state index contributed by atoms with van der Waals surface area (Å²) in [6, 6.07) is 7.45. The zero-order valence-corrected chi connectivity index (χ0v) is 11.7. The second kappa shape index (κ2) is 9.20. The number of hydrogen-bond acceptors (Lipinski definition) is 3. The predicted octanol–water partition coefficient (Wildman–Crippen LogP) is 2.81. The fraction of sp³-hybridized carbons (Fsp3) is 0.571. The normalized spacial score (nSPS) is 10.9. The minimum atomic E-state index is 0.293. The fourth-order valence-corrected chi connectivity index (χ4v) is 1.84. The van der Waals surface area contributed by atoms with Crippen molar-refractivity contribution < 1.29 is 9.84 Å². The minimum Gasteiger partial charge on any atom is -0.492 e. The number of halogens is 1. The van der Waals surface area contributed by atoms with Gasteiger partial charge in [-0.1, -0.05) is 17.7 Å². The van der Waals surface area contributed by atoms with E-state index >= 15 is 0 Å². The molecule has 0 aliphatic carbocycles. The molecule has 1 rings (SSSR count). The maximum Gasteiger partial charge on any atom is 0.120 e. The van der Waals surface area contributed by atoms with Crippen LogP contribution >= 0.6 is 11.6 Å². The van der Waals surface area contributed by atoms with Crippen LogP contribution in [-0.4, -0.2) is 43.4 Å². The average molecular weight is 272 g/mol. The van der Waals surface area contributed by atoms with E-state index in [1.165, 1.54) is 0 Å². The molecule has 0 amide bonds. The van der Waals surface area contributed by atoms with Crippen molar-refractivity contribution in [2.75, 3.05) is 33.4 Å². The highest BCUT2D eigenvalue weighted by atomic mass is 35.5. The van der Waals surface area contributed by atoms with Gasteiger partial charge in [0.15, 0.2) is 0 Å². The highest BCUT2D eigenvalue weighted by Crippen LogP contribution is 2.16. The Balaban J connectivity index is 2.09. The fourth-order valence-electron chi connectivity index (χ4n) is 1.66. The van der Waals surface area contributed by atoms with Crippen LogP contribution in [0.5, 0.6) is 5.75 Å². The molecule has 0 unspecified atom stereocenters. The Labute approximate surface area is 114 Å². The van der Waals surface area contributed by atoms with Crippen molar-refractivity contribution in [2.45, 2.75) is 19.3 Å². The van der Waals surface area contributed by atoms with Crippen LogP contribution in [-0.2, 0) is 0 Å². The first kappa shape index (κ1) is 15.3. The van der Waals surface area contributed by atoms with Crippen molar-refractivity contribution in [1.82, 2.24) is 4.90 Å². The molecule has 4 heteroatoms. The first-order valence-electron chi connectivity index (χ1n) is 6.40. The number of benzene rings is 1. The smallest absolute Gasteiger partial charge is 0.120 e. The Kier molecular flexibility index (Phi) is 7.81. The van der Waals surface area contributed by atoms with E-state index < -0.39 is 0 Å². The van der Waals surface area contributed by atoms with Crippen LogP contribution in [0.1, 0.15) is 19.3 Å². The summed E-state index contributed by atoms with van der Waals surface area (Å²) in [5.74, 6) is 0.816. The molecule has 3 nitrogen and oxygen atoms in total. The molecule has 1 N–H and O–H groups in total. The van der Waals surface area contributed by atoms with Crippen molar-refractivity contribution >= 4 is 11.6 Å². The van der Waals surface area contributed by atoms with E-state index in [0.29, 0.717) is 18.2 Å². The third-order valence-corrected chi connectivity index (χ3v) is 2.97. The van der Waals surface area contributed by atoms with Gasteiger partial charge in [-0.05, 0) is 51.1 Å². The standard InChI is InChI=1S/C14H22ClNO2/c1-16(8-3-2-4-10-17)9-11-18-14-7-5-6-13(15)12-14/h5-7,12,17H,2-4,8-11H2,1H3. The second-order valence-corrected chi connectivity index (χ2v) is 4.83. The Morgan fingerprint density at radius 3 is 2.78 bits per heavy atom. The monoisotopic (exact) mass is 271 g/mol. The van der Waals surface area contributed by atoms with Gasteiger partial charge in [-0.2, -0.15) is 0 Å². The zero-order valence-electron chi connectivity index (χ0n) is 10.9. The number of ether oxygens (including phenoxy) is 1. The molecule has 1 aromatic carbocycles. The number of hydrogen-bond donors (Lipinski definition) is 1. The molecule has 0 aromatic heterocycles. The average Bonchev–Trinajstić information content (AvgIpc) is 2.35. The molecule has 0 saturated heterocycles. The van der Waals surface area contributed by atoms with E-state index in [1.807, 2.05) is 24.3 Å². The van der Waals surface area contributed by atoms with Crippen LogP contribution in [0.25, 0.3) is 0 Å². The second-order valence-electron chi connectivity index (χ2n) is 4.39. The summed E-state index contributed by atoms with van der Waals surface area (Å²) >= 11 is 5.87. The van der Waals surface area contributed by atoms with E-state index in [0.717, 1.165) is 38.1 Å². The first-order valence-corrected chi connectivity index (χ1v) is 6.78. The summed E-state index contributed by atoms with van der Waals surface area (Å²) < 4.78 is 5.62. The largest absolute Gasteiger partial charge is 0.492 e. The topological polar surface area (TPSA) is 32.7 Å². The van der Waals surface area contributed by atoms with Gasteiger partial charge in [-0.15, -0.1) is 0 Å². The Morgan fingerprint density at radius 1 is 1.22 bits per heavy atom. The van der Waals surface area contributed by atoms with Crippen molar-refractivity contribution in [3.05, 3.63) is 29.3 Å². The highest BCUT2D eigenvalue weighted by molar-refractivity contribution is 6.30. The lowest BCUT2D eigenvalue weighted by Gasteiger charge is -2.16. The number of aliphatic hydroxyl groups is 1. The van der Waals surface area contributed by atoms with Crippen molar-refractivity contribution in [3.63, 3.8) is 0 Å². The van der Waals surface area contributed by atoms with Gasteiger partial charge in [-0.25, -0.2) is 0 Å². The Bertz CT molecular complexity index is 333. The maximum atomic E-state index is 8.68. The molecule has 0 aliphatic heterocycles. The molecule has 18 heavy (non-hydrogen) atoms. The van der Waals surface area contributed by atoms with Gasteiger partial charge in [0.2, 0.25) is 0 Å². The molecule has 0 heterocycles. The molecule has 0 radical (unpaired) electrons. The first-order chi connectivity index (χ1) is 8.72.